The van der Waals surface area contributed by atoms with Crippen LogP contribution >= 0.6 is 0 Å². The Hall–Kier alpha value is -13.4. The molecular weight excluding hydrogens is 1200 g/mol. The summed E-state index contributed by atoms with van der Waals surface area (Å²) in [5.74, 6) is 2.49. The van der Waals surface area contributed by atoms with Crippen LogP contribution in [0.25, 0.3) is 199 Å². The van der Waals surface area contributed by atoms with Crippen molar-refractivity contribution >= 4 is 109 Å². The van der Waals surface area contributed by atoms with E-state index in [9.17, 15) is 0 Å². The Labute approximate surface area is 560 Å². The van der Waals surface area contributed by atoms with E-state index in [4.69, 9.17) is 39.9 Å². The molecule has 0 atom stereocenters. The van der Waals surface area contributed by atoms with E-state index < -0.39 is 0 Å². The van der Waals surface area contributed by atoms with Crippen LogP contribution in [0.5, 0.6) is 0 Å². The molecule has 10 nitrogen and oxygen atoms in total. The number of para-hydroxylation sites is 3. The lowest BCUT2D eigenvalue weighted by Crippen LogP contribution is -1.98. The van der Waals surface area contributed by atoms with Crippen LogP contribution in [0.4, 0.5) is 0 Å². The molecule has 14 aromatic carbocycles. The van der Waals surface area contributed by atoms with Crippen molar-refractivity contribution < 1.29 is 0 Å². The van der Waals surface area contributed by atoms with E-state index in [-0.39, 0.29) is 0 Å². The Morgan fingerprint density at radius 2 is 0.510 bits per heavy atom. The Kier molecular flexibility index (Phi) is 12.4. The maximum atomic E-state index is 5.42. The van der Waals surface area contributed by atoms with Gasteiger partial charge in [0, 0.05) is 102 Å². The number of fused-ring (bicyclic) bond motifs is 18. The zero-order chi connectivity index (χ0) is 64.4. The maximum Gasteiger partial charge on any atom is 0.159 e. The molecule has 0 bridgehead atoms. The highest BCUT2D eigenvalue weighted by atomic mass is 15.0. The van der Waals surface area contributed by atoms with E-state index in [1.165, 1.54) is 16.2 Å². The summed E-state index contributed by atoms with van der Waals surface area (Å²) in [6, 6.07) is 103. The van der Waals surface area contributed by atoms with Crippen molar-refractivity contribution in [1.29, 1.82) is 0 Å². The van der Waals surface area contributed by atoms with Gasteiger partial charge in [-0.25, -0.2) is 39.9 Å². The molecule has 454 valence electrons. The van der Waals surface area contributed by atoms with Crippen molar-refractivity contribution in [1.82, 2.24) is 49.0 Å². The third-order valence-corrected chi connectivity index (χ3v) is 19.5. The molecular formula is C88H52N10. The highest BCUT2D eigenvalue weighted by Gasteiger charge is 2.22. The fourth-order valence-corrected chi connectivity index (χ4v) is 15.0. The zero-order valence-corrected chi connectivity index (χ0v) is 52.5. The molecule has 0 aliphatic carbocycles. The maximum absolute atomic E-state index is 5.42. The van der Waals surface area contributed by atoms with Crippen molar-refractivity contribution in [2.24, 2.45) is 0 Å². The molecule has 20 aromatic rings. The van der Waals surface area contributed by atoms with Gasteiger partial charge >= 0.3 is 0 Å². The van der Waals surface area contributed by atoms with Crippen LogP contribution in [0, 0.1) is 0 Å². The SMILES string of the molecule is c1ccc(-c2cccc(-c3ncc4c5ccccc5c5cnc(-c6cccc(-n7c8ccccc8c8c(-c9cccc(-c%10ccc(-c%11ncc%12c%13ccccc%13c%13cnc(-c%14cccc(-n%15c%16ccccc%16c%16ccccc%16%15)c%14)nc%13c%12n%11)cc%10)c9)cccc87)c6)nc5c4n3)c2)cc1. The summed E-state index contributed by atoms with van der Waals surface area (Å²) in [6.07, 6.45) is 7.82. The van der Waals surface area contributed by atoms with E-state index in [1.807, 2.05) is 30.9 Å². The summed E-state index contributed by atoms with van der Waals surface area (Å²) >= 11 is 0. The molecule has 10 heteroatoms. The van der Waals surface area contributed by atoms with Gasteiger partial charge in [-0.2, -0.15) is 0 Å². The van der Waals surface area contributed by atoms with E-state index in [0.717, 1.165) is 160 Å². The first-order chi connectivity index (χ1) is 48.6. The van der Waals surface area contributed by atoms with Gasteiger partial charge in [0.15, 0.2) is 23.3 Å². The third kappa shape index (κ3) is 8.82. The number of nitrogens with zero attached hydrogens (tertiary/aromatic N) is 10. The molecule has 0 radical (unpaired) electrons. The molecule has 0 spiro atoms. The van der Waals surface area contributed by atoms with Gasteiger partial charge in [0.1, 0.15) is 22.1 Å². The molecule has 0 N–H and O–H groups in total. The van der Waals surface area contributed by atoms with Gasteiger partial charge < -0.3 is 9.13 Å². The molecule has 0 unspecified atom stereocenters. The van der Waals surface area contributed by atoms with Crippen molar-refractivity contribution in [3.05, 3.63) is 316 Å². The number of rotatable bonds is 9. The predicted molar refractivity (Wildman–Crippen MR) is 401 cm³/mol. The topological polar surface area (TPSA) is 113 Å². The molecule has 0 amide bonds. The van der Waals surface area contributed by atoms with Gasteiger partial charge in [-0.05, 0) is 116 Å². The minimum Gasteiger partial charge on any atom is -0.309 e. The molecule has 6 heterocycles. The monoisotopic (exact) mass is 1250 g/mol. The second-order valence-corrected chi connectivity index (χ2v) is 25.0. The Bertz CT molecular complexity index is 6640. The minimum absolute atomic E-state index is 0.611. The van der Waals surface area contributed by atoms with Gasteiger partial charge in [0.2, 0.25) is 0 Å². The number of aromatic nitrogens is 10. The fourth-order valence-electron chi connectivity index (χ4n) is 15.0. The second kappa shape index (κ2) is 22.1. The van der Waals surface area contributed by atoms with E-state index in [0.29, 0.717) is 23.3 Å². The van der Waals surface area contributed by atoms with Crippen molar-refractivity contribution in [3.8, 4) is 90.3 Å². The quantitative estimate of drug-likeness (QED) is 0.131. The summed E-state index contributed by atoms with van der Waals surface area (Å²) in [5, 5.41) is 12.7. The molecule has 0 fully saturated rings. The largest absolute Gasteiger partial charge is 0.309 e. The molecule has 0 saturated heterocycles. The normalized spacial score (nSPS) is 11.9. The van der Waals surface area contributed by atoms with Crippen LogP contribution in [0.1, 0.15) is 0 Å². The highest BCUT2D eigenvalue weighted by Crippen LogP contribution is 2.43. The minimum atomic E-state index is 0.611. The predicted octanol–water partition coefficient (Wildman–Crippen LogP) is 21.6. The highest BCUT2D eigenvalue weighted by molar-refractivity contribution is 6.24. The summed E-state index contributed by atoms with van der Waals surface area (Å²) in [7, 11) is 0. The molecule has 0 saturated carbocycles. The molecule has 0 aliphatic heterocycles. The van der Waals surface area contributed by atoms with E-state index in [2.05, 4.69) is 294 Å². The first kappa shape index (κ1) is 55.1. The van der Waals surface area contributed by atoms with Gasteiger partial charge in [-0.1, -0.05) is 231 Å². The molecule has 6 aromatic heterocycles. The van der Waals surface area contributed by atoms with Crippen LogP contribution in [-0.2, 0) is 0 Å². The number of hydrogen-bond acceptors (Lipinski definition) is 8. The lowest BCUT2D eigenvalue weighted by atomic mass is 9.95. The second-order valence-electron chi connectivity index (χ2n) is 25.0. The average molecular weight is 1250 g/mol. The van der Waals surface area contributed by atoms with Crippen molar-refractivity contribution in [3.63, 3.8) is 0 Å². The Balaban J connectivity index is 0.639. The van der Waals surface area contributed by atoms with Crippen LogP contribution in [0.2, 0.25) is 0 Å². The van der Waals surface area contributed by atoms with Gasteiger partial charge in [-0.15, -0.1) is 0 Å². The van der Waals surface area contributed by atoms with Crippen LogP contribution in [-0.4, -0.2) is 49.0 Å². The molecule has 0 aliphatic rings. The fraction of sp³-hybridized carbons (Fsp3) is 0. The van der Waals surface area contributed by atoms with Gasteiger partial charge in [0.25, 0.3) is 0 Å². The van der Waals surface area contributed by atoms with Gasteiger partial charge in [-0.3, -0.25) is 0 Å². The average Bonchev–Trinajstić information content (AvgIpc) is 1.46. The molecule has 20 rings (SSSR count). The summed E-state index contributed by atoms with van der Waals surface area (Å²) in [5.41, 5.74) is 20.0. The smallest absolute Gasteiger partial charge is 0.159 e. The summed E-state index contributed by atoms with van der Waals surface area (Å²) < 4.78 is 4.69. The van der Waals surface area contributed by atoms with Crippen LogP contribution in [0.3, 0.4) is 0 Å². The molecule has 98 heavy (non-hydrogen) atoms. The van der Waals surface area contributed by atoms with Crippen LogP contribution < -0.4 is 0 Å². The van der Waals surface area contributed by atoms with Crippen molar-refractivity contribution in [2.45, 2.75) is 0 Å². The van der Waals surface area contributed by atoms with Crippen molar-refractivity contribution in [2.75, 3.05) is 0 Å². The summed E-state index contributed by atoms with van der Waals surface area (Å²) in [6.45, 7) is 0. The first-order valence-corrected chi connectivity index (χ1v) is 32.9. The number of benzene rings is 14. The lowest BCUT2D eigenvalue weighted by Gasteiger charge is -2.13. The Morgan fingerprint density at radius 1 is 0.194 bits per heavy atom. The van der Waals surface area contributed by atoms with Crippen LogP contribution in [0.15, 0.2) is 316 Å². The standard InChI is InChI=1S/C88H52N10/c1-2-19-53(20-3-1)57-22-15-24-59(46-57)86-90-50-73-67-31-6-7-32-68(67)75-52-92-88(96-84(75)83(73)94-86)61-26-17-28-63(48-61)98-78-39-13-10-35-71(78)80-64(36-18-40-79(80)98)58-23-14-21-56(45-58)54-41-43-55(44-42-54)85-89-49-72-65-29-4-5-30-66(65)74-51-91-87(95-82(74)81(72)93-85)60-25-16-27-62(47-60)97-76-37-11-8-33-69(76)70-34-9-12-38-77(70)97/h1-52H. The van der Waals surface area contributed by atoms with Gasteiger partial charge in [0.05, 0.1) is 22.1 Å². The zero-order valence-electron chi connectivity index (χ0n) is 52.5. The van der Waals surface area contributed by atoms with E-state index in [1.54, 1.807) is 0 Å². The first-order valence-electron chi connectivity index (χ1n) is 32.9. The number of hydrogen-bond donors (Lipinski definition) is 0. The Morgan fingerprint density at radius 3 is 1.00 bits per heavy atom. The van der Waals surface area contributed by atoms with E-state index >= 15 is 0 Å². The summed E-state index contributed by atoms with van der Waals surface area (Å²) in [4.78, 5) is 41.6. The lowest BCUT2D eigenvalue weighted by molar-refractivity contribution is 1.17. The third-order valence-electron chi connectivity index (χ3n) is 19.5.